The lowest BCUT2D eigenvalue weighted by molar-refractivity contribution is -0.240. The van der Waals surface area contributed by atoms with Crippen LogP contribution < -0.4 is 10.6 Å². The van der Waals surface area contributed by atoms with E-state index in [0.717, 1.165) is 57.8 Å². The molecule has 240 valence electrons. The lowest BCUT2D eigenvalue weighted by Crippen LogP contribution is -2.68. The van der Waals surface area contributed by atoms with Gasteiger partial charge >= 0.3 is 0 Å². The highest BCUT2D eigenvalue weighted by atomic mass is 19.1. The Labute approximate surface area is 253 Å². The van der Waals surface area contributed by atoms with E-state index in [0.29, 0.717) is 17.8 Å². The van der Waals surface area contributed by atoms with Crippen LogP contribution in [0.4, 0.5) is 4.39 Å². The second kappa shape index (κ2) is 9.87. The molecule has 0 spiro atoms. The number of hydrogen-bond donors (Lipinski definition) is 4. The minimum atomic E-state index is -0.941. The van der Waals surface area contributed by atoms with Gasteiger partial charge in [0.2, 0.25) is 5.91 Å². The number of rotatable bonds is 4. The van der Waals surface area contributed by atoms with E-state index in [9.17, 15) is 19.4 Å². The first-order chi connectivity index (χ1) is 19.4. The molecule has 2 heterocycles. The van der Waals surface area contributed by atoms with Gasteiger partial charge in [-0.15, -0.1) is 0 Å². The zero-order valence-electron chi connectivity index (χ0n) is 27.6. The second-order valence-electron chi connectivity index (χ2n) is 17.8. The van der Waals surface area contributed by atoms with Gasteiger partial charge in [-0.2, -0.15) is 0 Å². The lowest BCUT2D eigenvalue weighted by atomic mass is 9.35. The van der Waals surface area contributed by atoms with Gasteiger partial charge < -0.3 is 25.6 Å². The summed E-state index contributed by atoms with van der Waals surface area (Å²) in [6, 6.07) is -0.354. The largest absolute Gasteiger partial charge is 0.393 e. The van der Waals surface area contributed by atoms with Crippen LogP contribution >= 0.6 is 0 Å². The van der Waals surface area contributed by atoms with Crippen molar-refractivity contribution in [1.82, 2.24) is 10.6 Å². The highest BCUT2D eigenvalue weighted by molar-refractivity contribution is 5.82. The molecule has 0 bridgehead atoms. The molecule has 6 fully saturated rings. The van der Waals surface area contributed by atoms with Gasteiger partial charge in [0.25, 0.3) is 0 Å². The first-order valence-corrected chi connectivity index (χ1v) is 17.1. The Hall–Kier alpha value is -0.760. The third kappa shape index (κ3) is 4.40. The van der Waals surface area contributed by atoms with E-state index >= 15 is 0 Å². The van der Waals surface area contributed by atoms with Gasteiger partial charge in [-0.1, -0.05) is 34.6 Å². The maximum absolute atomic E-state index is 13.8. The van der Waals surface area contributed by atoms with Gasteiger partial charge in [0.1, 0.15) is 6.17 Å². The van der Waals surface area contributed by atoms with E-state index in [-0.39, 0.29) is 70.3 Å². The predicted molar refractivity (Wildman–Crippen MR) is 162 cm³/mol. The number of ether oxygens (including phenoxy) is 1. The van der Waals surface area contributed by atoms with E-state index in [1.165, 1.54) is 0 Å². The van der Waals surface area contributed by atoms with Crippen LogP contribution in [0.1, 0.15) is 120 Å². The lowest BCUT2D eigenvalue weighted by Gasteiger charge is -2.71. The van der Waals surface area contributed by atoms with Crippen molar-refractivity contribution < 1.29 is 24.1 Å². The highest BCUT2D eigenvalue weighted by Crippen LogP contribution is 2.76. The minimum Gasteiger partial charge on any atom is -0.393 e. The fourth-order valence-electron chi connectivity index (χ4n) is 12.5. The van der Waals surface area contributed by atoms with Gasteiger partial charge in [-0.05, 0) is 124 Å². The summed E-state index contributed by atoms with van der Waals surface area (Å²) in [6.45, 7) is 18.5. The smallest absolute Gasteiger partial charge is 0.237 e. The molecule has 2 aliphatic heterocycles. The zero-order chi connectivity index (χ0) is 30.7. The molecule has 0 unspecified atom stereocenters. The molecule has 4 saturated carbocycles. The number of alkyl halides is 1. The van der Waals surface area contributed by atoms with Crippen molar-refractivity contribution in [2.45, 2.75) is 161 Å². The van der Waals surface area contributed by atoms with Crippen LogP contribution in [-0.4, -0.2) is 64.3 Å². The van der Waals surface area contributed by atoms with Gasteiger partial charge in [0, 0.05) is 19.0 Å². The Morgan fingerprint density at radius 2 is 1.62 bits per heavy atom. The zero-order valence-corrected chi connectivity index (χ0v) is 27.6. The summed E-state index contributed by atoms with van der Waals surface area (Å²) in [5.41, 5.74) is -1.02. The monoisotopic (exact) mass is 590 g/mol. The summed E-state index contributed by atoms with van der Waals surface area (Å²) < 4.78 is 20.5. The number of fused-ring (bicyclic) bond motifs is 5. The van der Waals surface area contributed by atoms with E-state index in [1.54, 1.807) is 0 Å². The molecular formula is C35H59FN2O4. The van der Waals surface area contributed by atoms with Crippen molar-refractivity contribution in [3.63, 3.8) is 0 Å². The highest BCUT2D eigenvalue weighted by Gasteiger charge is 2.72. The summed E-state index contributed by atoms with van der Waals surface area (Å²) in [4.78, 5) is 13.1. The molecule has 7 heteroatoms. The summed E-state index contributed by atoms with van der Waals surface area (Å²) in [7, 11) is 0. The molecule has 0 aromatic rings. The molecule has 0 aromatic carbocycles. The molecule has 0 radical (unpaired) electrons. The number of amides is 1. The van der Waals surface area contributed by atoms with Gasteiger partial charge in [-0.3, -0.25) is 4.79 Å². The number of hydrogen-bond acceptors (Lipinski definition) is 5. The van der Waals surface area contributed by atoms with E-state index < -0.39 is 17.8 Å². The van der Waals surface area contributed by atoms with Crippen LogP contribution in [0.3, 0.4) is 0 Å². The number of aliphatic hydroxyl groups is 2. The van der Waals surface area contributed by atoms with Gasteiger partial charge in [0.05, 0.1) is 29.5 Å². The third-order valence-corrected chi connectivity index (χ3v) is 15.0. The Morgan fingerprint density at radius 3 is 2.24 bits per heavy atom. The number of carbonyl (C=O) groups excluding carboxylic acids is 1. The number of nitrogens with one attached hydrogen (secondary N) is 2. The predicted octanol–water partition coefficient (Wildman–Crippen LogP) is 5.54. The topological polar surface area (TPSA) is 90.8 Å². The molecule has 6 rings (SSSR count). The average Bonchev–Trinajstić information content (AvgIpc) is 3.60. The standard InChI is InChI=1S/C35H59FN2O4/c1-30(2)24-10-15-33(6)25(32(24,5)13-11-26(30)38-29(40)22-17-20(36)19-37-22)18-23(39)28-21(9-14-34(28,33)7)35(8)16-12-27(42-35)31(3,4)41/h20-28,37,39,41H,9-19H2,1-8H3,(H,38,40)/t20-,21+,22+,23-,24+,25-,26+,27-,28+,32+,33-,34-,35+/m1/s1. The molecule has 42 heavy (non-hydrogen) atoms. The molecule has 4 aliphatic carbocycles. The summed E-state index contributed by atoms with van der Waals surface area (Å²) >= 11 is 0. The van der Waals surface area contributed by atoms with Gasteiger partial charge in [-0.25, -0.2) is 4.39 Å². The molecule has 2 saturated heterocycles. The maximum atomic E-state index is 13.8. The molecule has 13 atom stereocenters. The molecule has 6 nitrogen and oxygen atoms in total. The van der Waals surface area contributed by atoms with Crippen molar-refractivity contribution in [2.75, 3.05) is 6.54 Å². The van der Waals surface area contributed by atoms with E-state index in [2.05, 4.69) is 52.2 Å². The normalized spacial score (nSPS) is 53.7. The first-order valence-electron chi connectivity index (χ1n) is 17.1. The summed E-state index contributed by atoms with van der Waals surface area (Å²) in [5.74, 6) is 1.31. The molecule has 1 amide bonds. The first kappa shape index (κ1) is 31.2. The Balaban J connectivity index is 1.24. The van der Waals surface area contributed by atoms with Gasteiger partial charge in [0.15, 0.2) is 0 Å². The maximum Gasteiger partial charge on any atom is 0.237 e. The SMILES string of the molecule is CC(C)(O)[C@H]1CC[C@@](C)([C@H]2CC[C@]3(C)[C@@H]2[C@H](O)C[C@@H]2[C@@]4(C)CC[C@H](NC(=O)[C@@H]5C[C@@H](F)CN5)C(C)(C)[C@@H]4CC[C@]23C)O1. The van der Waals surface area contributed by atoms with E-state index in [1.807, 2.05) is 13.8 Å². The number of carbonyl (C=O) groups is 1. The van der Waals surface area contributed by atoms with Crippen LogP contribution in [0.2, 0.25) is 0 Å². The van der Waals surface area contributed by atoms with Crippen molar-refractivity contribution in [3.05, 3.63) is 0 Å². The summed E-state index contributed by atoms with van der Waals surface area (Å²) in [6.07, 6.45) is 7.88. The van der Waals surface area contributed by atoms with Crippen LogP contribution in [0.15, 0.2) is 0 Å². The summed E-state index contributed by atoms with van der Waals surface area (Å²) in [5, 5.41) is 29.3. The average molecular weight is 591 g/mol. The Bertz CT molecular complexity index is 1080. The molecular weight excluding hydrogens is 531 g/mol. The van der Waals surface area contributed by atoms with Crippen LogP contribution in [0, 0.1) is 45.3 Å². The third-order valence-electron chi connectivity index (χ3n) is 15.0. The molecule has 6 aliphatic rings. The number of halogens is 1. The fourth-order valence-corrected chi connectivity index (χ4v) is 12.5. The Kier molecular flexibility index (Phi) is 7.34. The molecule has 4 N–H and O–H groups in total. The van der Waals surface area contributed by atoms with Crippen LogP contribution in [-0.2, 0) is 9.53 Å². The van der Waals surface area contributed by atoms with Crippen molar-refractivity contribution in [3.8, 4) is 0 Å². The van der Waals surface area contributed by atoms with E-state index in [4.69, 9.17) is 4.74 Å². The van der Waals surface area contributed by atoms with Crippen molar-refractivity contribution >= 4 is 5.91 Å². The van der Waals surface area contributed by atoms with Crippen LogP contribution in [0.25, 0.3) is 0 Å². The van der Waals surface area contributed by atoms with Crippen molar-refractivity contribution in [1.29, 1.82) is 0 Å². The second-order valence-corrected chi connectivity index (χ2v) is 17.8. The minimum absolute atomic E-state index is 0.0272. The fraction of sp³-hybridized carbons (Fsp3) is 0.971. The quantitative estimate of drug-likeness (QED) is 0.346. The molecule has 0 aromatic heterocycles. The number of aliphatic hydroxyl groups excluding tert-OH is 1. The van der Waals surface area contributed by atoms with Crippen LogP contribution in [0.5, 0.6) is 0 Å². The Morgan fingerprint density at radius 1 is 0.929 bits per heavy atom. The van der Waals surface area contributed by atoms with Crippen molar-refractivity contribution in [2.24, 2.45) is 45.3 Å².